The maximum atomic E-state index is 12.4. The van der Waals surface area contributed by atoms with Crippen molar-refractivity contribution in [1.29, 1.82) is 0 Å². The summed E-state index contributed by atoms with van der Waals surface area (Å²) in [5, 5.41) is 9.01. The zero-order valence-corrected chi connectivity index (χ0v) is 10.9. The lowest BCUT2D eigenvalue weighted by Gasteiger charge is -2.26. The molecule has 100 valence electrons. The summed E-state index contributed by atoms with van der Waals surface area (Å²) in [7, 11) is 0. The van der Waals surface area contributed by atoms with E-state index < -0.39 is 0 Å². The predicted molar refractivity (Wildman–Crippen MR) is 72.2 cm³/mol. The zero-order valence-electron chi connectivity index (χ0n) is 10.9. The summed E-state index contributed by atoms with van der Waals surface area (Å²) in [5.41, 5.74) is 6.66. The molecule has 0 bridgehead atoms. The quantitative estimate of drug-likeness (QED) is 0.757. The Labute approximate surface area is 108 Å². The molecular weight excluding hydrogens is 228 g/mol. The van der Waals surface area contributed by atoms with Crippen LogP contribution in [0.25, 0.3) is 0 Å². The van der Waals surface area contributed by atoms with Crippen LogP contribution in [0.2, 0.25) is 0 Å². The van der Waals surface area contributed by atoms with E-state index in [2.05, 4.69) is 0 Å². The van der Waals surface area contributed by atoms with Gasteiger partial charge in [-0.2, -0.15) is 0 Å². The fourth-order valence-corrected chi connectivity index (χ4v) is 2.01. The van der Waals surface area contributed by atoms with Gasteiger partial charge < -0.3 is 15.7 Å². The van der Waals surface area contributed by atoms with E-state index in [-0.39, 0.29) is 25.0 Å². The normalized spacial score (nSPS) is 12.2. The van der Waals surface area contributed by atoms with Crippen LogP contribution in [-0.2, 0) is 4.79 Å². The van der Waals surface area contributed by atoms with E-state index in [4.69, 9.17) is 10.8 Å². The highest BCUT2D eigenvalue weighted by molar-refractivity contribution is 5.84. The standard InChI is InChI=1S/C14H22N2O2/c1-2-8-16(9-10-17)14(18)13(11-15)12-6-4-3-5-7-12/h3-7,13,17H,2,8-11,15H2,1H3. The highest BCUT2D eigenvalue weighted by atomic mass is 16.3. The third-order valence-electron chi connectivity index (χ3n) is 2.91. The van der Waals surface area contributed by atoms with E-state index in [9.17, 15) is 4.79 Å². The Morgan fingerprint density at radius 1 is 1.33 bits per heavy atom. The molecule has 0 saturated heterocycles. The molecule has 0 heterocycles. The fourth-order valence-electron chi connectivity index (χ4n) is 2.01. The number of benzene rings is 1. The first-order valence-corrected chi connectivity index (χ1v) is 6.39. The molecule has 1 aromatic rings. The predicted octanol–water partition coefficient (Wildman–Crippen LogP) is 0.960. The van der Waals surface area contributed by atoms with Crippen LogP contribution in [0.15, 0.2) is 30.3 Å². The molecule has 1 amide bonds. The average Bonchev–Trinajstić information content (AvgIpc) is 2.40. The largest absolute Gasteiger partial charge is 0.395 e. The number of nitrogens with zero attached hydrogens (tertiary/aromatic N) is 1. The smallest absolute Gasteiger partial charge is 0.231 e. The van der Waals surface area contributed by atoms with Crippen LogP contribution in [0.5, 0.6) is 0 Å². The van der Waals surface area contributed by atoms with Crippen molar-refractivity contribution >= 4 is 5.91 Å². The molecule has 4 nitrogen and oxygen atoms in total. The number of hydrogen-bond acceptors (Lipinski definition) is 3. The van der Waals surface area contributed by atoms with Gasteiger partial charge in [-0.15, -0.1) is 0 Å². The molecule has 3 N–H and O–H groups in total. The highest BCUT2D eigenvalue weighted by Gasteiger charge is 2.23. The van der Waals surface area contributed by atoms with Crippen LogP contribution < -0.4 is 5.73 Å². The number of rotatable bonds is 7. The molecule has 4 heteroatoms. The molecule has 0 spiro atoms. The summed E-state index contributed by atoms with van der Waals surface area (Å²) in [6, 6.07) is 9.55. The van der Waals surface area contributed by atoms with E-state index >= 15 is 0 Å². The van der Waals surface area contributed by atoms with Crippen molar-refractivity contribution in [3.8, 4) is 0 Å². The number of amides is 1. The van der Waals surface area contributed by atoms with Gasteiger partial charge in [0.15, 0.2) is 0 Å². The van der Waals surface area contributed by atoms with Crippen LogP contribution in [0.1, 0.15) is 24.8 Å². The Bertz CT molecular complexity index is 348. The molecule has 1 unspecified atom stereocenters. The maximum absolute atomic E-state index is 12.4. The second kappa shape index (κ2) is 7.84. The number of aliphatic hydroxyl groups is 1. The van der Waals surface area contributed by atoms with Crippen molar-refractivity contribution < 1.29 is 9.90 Å². The lowest BCUT2D eigenvalue weighted by atomic mass is 9.97. The summed E-state index contributed by atoms with van der Waals surface area (Å²) in [4.78, 5) is 14.1. The van der Waals surface area contributed by atoms with Gasteiger partial charge in [-0.25, -0.2) is 0 Å². The van der Waals surface area contributed by atoms with Gasteiger partial charge in [0.25, 0.3) is 0 Å². The molecule has 0 saturated carbocycles. The molecule has 1 rings (SSSR count). The molecule has 0 aliphatic heterocycles. The van der Waals surface area contributed by atoms with E-state index in [0.29, 0.717) is 13.1 Å². The molecule has 0 aliphatic carbocycles. The van der Waals surface area contributed by atoms with Crippen LogP contribution in [0.4, 0.5) is 0 Å². The summed E-state index contributed by atoms with van der Waals surface area (Å²) < 4.78 is 0. The molecule has 0 aliphatic rings. The van der Waals surface area contributed by atoms with Gasteiger partial charge in [0.2, 0.25) is 5.91 Å². The van der Waals surface area contributed by atoms with Crippen molar-refractivity contribution in [2.75, 3.05) is 26.2 Å². The van der Waals surface area contributed by atoms with Gasteiger partial charge in [-0.3, -0.25) is 4.79 Å². The topological polar surface area (TPSA) is 66.6 Å². The number of nitrogens with two attached hydrogens (primary N) is 1. The first-order chi connectivity index (χ1) is 8.74. The molecule has 0 fully saturated rings. The van der Waals surface area contributed by atoms with Crippen LogP contribution in [-0.4, -0.2) is 42.2 Å². The minimum atomic E-state index is -0.315. The summed E-state index contributed by atoms with van der Waals surface area (Å²) in [6.45, 7) is 3.31. The Morgan fingerprint density at radius 3 is 2.50 bits per heavy atom. The monoisotopic (exact) mass is 250 g/mol. The number of hydrogen-bond donors (Lipinski definition) is 2. The molecular formula is C14H22N2O2. The van der Waals surface area contributed by atoms with Crippen molar-refractivity contribution in [3.05, 3.63) is 35.9 Å². The molecule has 0 aromatic heterocycles. The summed E-state index contributed by atoms with van der Waals surface area (Å²) >= 11 is 0. The van der Waals surface area contributed by atoms with Gasteiger partial charge in [0, 0.05) is 19.6 Å². The van der Waals surface area contributed by atoms with E-state index in [1.165, 1.54) is 0 Å². The third-order valence-corrected chi connectivity index (χ3v) is 2.91. The van der Waals surface area contributed by atoms with E-state index in [1.807, 2.05) is 37.3 Å². The van der Waals surface area contributed by atoms with Crippen molar-refractivity contribution in [1.82, 2.24) is 4.90 Å². The third kappa shape index (κ3) is 3.82. The van der Waals surface area contributed by atoms with Gasteiger partial charge in [-0.05, 0) is 12.0 Å². The van der Waals surface area contributed by atoms with Gasteiger partial charge in [-0.1, -0.05) is 37.3 Å². The minimum Gasteiger partial charge on any atom is -0.395 e. The molecule has 1 atom stereocenters. The Morgan fingerprint density at radius 2 is 2.00 bits per heavy atom. The van der Waals surface area contributed by atoms with Crippen molar-refractivity contribution in [3.63, 3.8) is 0 Å². The first-order valence-electron chi connectivity index (χ1n) is 6.39. The van der Waals surface area contributed by atoms with Crippen LogP contribution >= 0.6 is 0 Å². The summed E-state index contributed by atoms with van der Waals surface area (Å²) in [6.07, 6.45) is 0.873. The minimum absolute atomic E-state index is 0.000370. The van der Waals surface area contributed by atoms with Gasteiger partial charge in [0.1, 0.15) is 0 Å². The molecule has 18 heavy (non-hydrogen) atoms. The fraction of sp³-hybridized carbons (Fsp3) is 0.500. The lowest BCUT2D eigenvalue weighted by molar-refractivity contribution is -0.133. The van der Waals surface area contributed by atoms with E-state index in [0.717, 1.165) is 12.0 Å². The van der Waals surface area contributed by atoms with Crippen LogP contribution in [0, 0.1) is 0 Å². The zero-order chi connectivity index (χ0) is 13.4. The Hall–Kier alpha value is -1.39. The number of aliphatic hydroxyl groups excluding tert-OH is 1. The SMILES string of the molecule is CCCN(CCO)C(=O)C(CN)c1ccccc1. The molecule has 0 radical (unpaired) electrons. The Balaban J connectivity index is 2.83. The van der Waals surface area contributed by atoms with Crippen molar-refractivity contribution in [2.45, 2.75) is 19.3 Å². The van der Waals surface area contributed by atoms with Crippen molar-refractivity contribution in [2.24, 2.45) is 5.73 Å². The average molecular weight is 250 g/mol. The maximum Gasteiger partial charge on any atom is 0.231 e. The number of carbonyl (C=O) groups is 1. The van der Waals surface area contributed by atoms with Gasteiger partial charge in [0.05, 0.1) is 12.5 Å². The van der Waals surface area contributed by atoms with Gasteiger partial charge >= 0.3 is 0 Å². The lowest BCUT2D eigenvalue weighted by Crippen LogP contribution is -2.40. The second-order valence-electron chi connectivity index (χ2n) is 4.25. The highest BCUT2D eigenvalue weighted by Crippen LogP contribution is 2.17. The number of carbonyl (C=O) groups excluding carboxylic acids is 1. The Kier molecular flexibility index (Phi) is 6.39. The van der Waals surface area contributed by atoms with E-state index in [1.54, 1.807) is 4.90 Å². The summed E-state index contributed by atoms with van der Waals surface area (Å²) in [5.74, 6) is -0.316. The molecule has 1 aromatic carbocycles. The van der Waals surface area contributed by atoms with Crippen LogP contribution in [0.3, 0.4) is 0 Å². The first kappa shape index (κ1) is 14.7. The second-order valence-corrected chi connectivity index (χ2v) is 4.25.